The summed E-state index contributed by atoms with van der Waals surface area (Å²) < 4.78 is 0. The Morgan fingerprint density at radius 2 is 1.70 bits per heavy atom. The third-order valence-electron chi connectivity index (χ3n) is 8.76. The van der Waals surface area contributed by atoms with Gasteiger partial charge in [-0.1, -0.05) is 17.7 Å². The van der Waals surface area contributed by atoms with Gasteiger partial charge < -0.3 is 16.0 Å². The van der Waals surface area contributed by atoms with Gasteiger partial charge in [0.15, 0.2) is 0 Å². The first-order valence-electron chi connectivity index (χ1n) is 13.0. The lowest BCUT2D eigenvalue weighted by Crippen LogP contribution is -2.62. The van der Waals surface area contributed by atoms with Gasteiger partial charge in [0.05, 0.1) is 6.04 Å². The number of piperidine rings is 1. The third-order valence-corrected chi connectivity index (χ3v) is 8.76. The van der Waals surface area contributed by atoms with Gasteiger partial charge in [0.1, 0.15) is 0 Å². The van der Waals surface area contributed by atoms with Crippen LogP contribution in [0.25, 0.3) is 0 Å². The highest BCUT2D eigenvalue weighted by Gasteiger charge is 2.51. The summed E-state index contributed by atoms with van der Waals surface area (Å²) in [6, 6.07) is 7.54. The fourth-order valence-electron chi connectivity index (χ4n) is 7.46. The zero-order valence-corrected chi connectivity index (χ0v) is 20.2. The molecule has 0 unspecified atom stereocenters. The van der Waals surface area contributed by atoms with Gasteiger partial charge in [-0.25, -0.2) is 4.79 Å². The van der Waals surface area contributed by atoms with Crippen molar-refractivity contribution in [1.82, 2.24) is 15.5 Å². The molecule has 5 aliphatic rings. The van der Waals surface area contributed by atoms with Crippen molar-refractivity contribution in [2.75, 3.05) is 25.0 Å². The van der Waals surface area contributed by atoms with E-state index in [2.05, 4.69) is 27.8 Å². The highest BCUT2D eigenvalue weighted by atomic mass is 16.2. The van der Waals surface area contributed by atoms with Gasteiger partial charge in [-0.3, -0.25) is 9.69 Å². The molecule has 1 aliphatic heterocycles. The van der Waals surface area contributed by atoms with Crippen LogP contribution in [0.5, 0.6) is 0 Å². The van der Waals surface area contributed by atoms with E-state index in [4.69, 9.17) is 0 Å². The molecule has 6 nitrogen and oxygen atoms in total. The minimum atomic E-state index is -0.163. The van der Waals surface area contributed by atoms with Crippen LogP contribution in [0, 0.1) is 30.6 Å². The van der Waals surface area contributed by atoms with Crippen molar-refractivity contribution in [3.05, 3.63) is 29.8 Å². The van der Waals surface area contributed by atoms with Gasteiger partial charge >= 0.3 is 6.03 Å². The lowest BCUT2D eigenvalue weighted by atomic mass is 9.53. The second kappa shape index (κ2) is 9.28. The molecule has 3 N–H and O–H groups in total. The van der Waals surface area contributed by atoms with Crippen LogP contribution < -0.4 is 16.0 Å². The van der Waals surface area contributed by atoms with Crippen molar-refractivity contribution in [3.63, 3.8) is 0 Å². The molecule has 180 valence electrons. The molecule has 5 fully saturated rings. The third kappa shape index (κ3) is 5.21. The van der Waals surface area contributed by atoms with E-state index in [9.17, 15) is 9.59 Å². The van der Waals surface area contributed by atoms with Crippen LogP contribution in [-0.2, 0) is 4.79 Å². The van der Waals surface area contributed by atoms with Crippen molar-refractivity contribution in [2.24, 2.45) is 23.7 Å². The monoisotopic (exact) mass is 452 g/mol. The maximum Gasteiger partial charge on any atom is 0.319 e. The van der Waals surface area contributed by atoms with E-state index in [0.717, 1.165) is 49.4 Å². The largest absolute Gasteiger partial charge is 0.349 e. The average Bonchev–Trinajstić information content (AvgIpc) is 2.78. The van der Waals surface area contributed by atoms with Gasteiger partial charge in [0.2, 0.25) is 5.91 Å². The molecule has 0 radical (unpaired) electrons. The predicted molar refractivity (Wildman–Crippen MR) is 131 cm³/mol. The van der Waals surface area contributed by atoms with Crippen molar-refractivity contribution < 1.29 is 9.59 Å². The van der Waals surface area contributed by atoms with Crippen molar-refractivity contribution >= 4 is 17.6 Å². The summed E-state index contributed by atoms with van der Waals surface area (Å²) in [5, 5.41) is 9.49. The van der Waals surface area contributed by atoms with E-state index in [-0.39, 0.29) is 23.5 Å². The second-order valence-electron chi connectivity index (χ2n) is 11.6. The molecule has 6 rings (SSSR count). The highest BCUT2D eigenvalue weighted by Crippen LogP contribution is 2.55. The van der Waals surface area contributed by atoms with E-state index < -0.39 is 0 Å². The van der Waals surface area contributed by atoms with E-state index in [1.165, 1.54) is 44.1 Å². The zero-order valence-electron chi connectivity index (χ0n) is 20.2. The van der Waals surface area contributed by atoms with Gasteiger partial charge in [0.25, 0.3) is 0 Å². The molecule has 4 saturated carbocycles. The first-order valence-corrected chi connectivity index (χ1v) is 13.0. The molecule has 1 aromatic rings. The number of hydrogen-bond acceptors (Lipinski definition) is 3. The first kappa shape index (κ1) is 22.7. The Labute approximate surface area is 198 Å². The summed E-state index contributed by atoms with van der Waals surface area (Å²) in [6.45, 7) is 6.55. The Hall–Kier alpha value is -2.08. The normalized spacial score (nSPS) is 34.0. The minimum Gasteiger partial charge on any atom is -0.349 e. The van der Waals surface area contributed by atoms with Crippen LogP contribution in [0.1, 0.15) is 63.9 Å². The minimum absolute atomic E-state index is 0.0743. The summed E-state index contributed by atoms with van der Waals surface area (Å²) in [6.07, 6.45) is 9.92. The van der Waals surface area contributed by atoms with Gasteiger partial charge in [-0.05, 0) is 108 Å². The summed E-state index contributed by atoms with van der Waals surface area (Å²) in [5.74, 6) is 3.09. The summed E-state index contributed by atoms with van der Waals surface area (Å²) in [4.78, 5) is 27.9. The topological polar surface area (TPSA) is 73.5 Å². The Bertz CT molecular complexity index is 832. The van der Waals surface area contributed by atoms with Crippen LogP contribution >= 0.6 is 0 Å². The number of amides is 3. The number of rotatable bonds is 6. The molecule has 1 aromatic carbocycles. The number of likely N-dealkylation sites (tertiary alicyclic amines) is 1. The van der Waals surface area contributed by atoms with Gasteiger partial charge in [0, 0.05) is 24.3 Å². The fourth-order valence-corrected chi connectivity index (χ4v) is 7.46. The number of aryl methyl sites for hydroxylation is 1. The van der Waals surface area contributed by atoms with Crippen molar-refractivity contribution in [2.45, 2.75) is 76.8 Å². The average molecular weight is 453 g/mol. The van der Waals surface area contributed by atoms with E-state index in [1.54, 1.807) is 0 Å². The summed E-state index contributed by atoms with van der Waals surface area (Å²) >= 11 is 0. The molecular weight excluding hydrogens is 412 g/mol. The van der Waals surface area contributed by atoms with E-state index >= 15 is 0 Å². The Kier molecular flexibility index (Phi) is 6.39. The van der Waals surface area contributed by atoms with E-state index in [1.807, 2.05) is 31.2 Å². The Morgan fingerprint density at radius 1 is 1.06 bits per heavy atom. The van der Waals surface area contributed by atoms with Crippen LogP contribution in [-0.4, -0.2) is 48.1 Å². The first-order chi connectivity index (χ1) is 15.9. The van der Waals surface area contributed by atoms with Crippen LogP contribution in [0.4, 0.5) is 10.5 Å². The maximum atomic E-state index is 13.3. The van der Waals surface area contributed by atoms with Crippen LogP contribution in [0.2, 0.25) is 0 Å². The molecule has 2 atom stereocenters. The quantitative estimate of drug-likeness (QED) is 0.602. The SMILES string of the molecule is Cc1ccc(NC(=O)NC[C@@H]2CCCN([C@H](C)C(=O)NC34CC5CC(CC(C5)C3)C4)C2)cc1. The van der Waals surface area contributed by atoms with E-state index in [0.29, 0.717) is 12.5 Å². The van der Waals surface area contributed by atoms with Crippen LogP contribution in [0.15, 0.2) is 24.3 Å². The number of urea groups is 1. The fraction of sp³-hybridized carbons (Fsp3) is 0.704. The molecule has 33 heavy (non-hydrogen) atoms. The second-order valence-corrected chi connectivity index (χ2v) is 11.6. The zero-order chi connectivity index (χ0) is 23.0. The van der Waals surface area contributed by atoms with Gasteiger partial charge in [-0.15, -0.1) is 0 Å². The highest BCUT2D eigenvalue weighted by molar-refractivity contribution is 5.89. The predicted octanol–water partition coefficient (Wildman–Crippen LogP) is 4.30. The maximum absolute atomic E-state index is 13.3. The Morgan fingerprint density at radius 3 is 2.33 bits per heavy atom. The number of carbonyl (C=O) groups is 2. The lowest BCUT2D eigenvalue weighted by molar-refractivity contribution is -0.132. The van der Waals surface area contributed by atoms with Crippen molar-refractivity contribution in [1.29, 1.82) is 0 Å². The number of nitrogens with one attached hydrogen (secondary N) is 3. The number of anilines is 1. The summed E-state index contributed by atoms with van der Waals surface area (Å²) in [7, 11) is 0. The molecule has 1 heterocycles. The molecule has 4 bridgehead atoms. The number of carbonyl (C=O) groups excluding carboxylic acids is 2. The van der Waals surface area contributed by atoms with Gasteiger partial charge in [-0.2, -0.15) is 0 Å². The van der Waals surface area contributed by atoms with Crippen LogP contribution in [0.3, 0.4) is 0 Å². The molecule has 0 aromatic heterocycles. The lowest BCUT2D eigenvalue weighted by Gasteiger charge is -2.57. The summed E-state index contributed by atoms with van der Waals surface area (Å²) in [5.41, 5.74) is 2.05. The number of hydrogen-bond donors (Lipinski definition) is 3. The molecule has 3 amide bonds. The smallest absolute Gasteiger partial charge is 0.319 e. The number of benzene rings is 1. The molecule has 4 aliphatic carbocycles. The standard InChI is InChI=1S/C27H40N4O2/c1-18-5-7-24(8-6-18)29-26(33)28-16-20-4-3-9-31(17-20)19(2)25(32)30-27-13-21-10-22(14-27)12-23(11-21)15-27/h5-8,19-23H,3-4,9-17H2,1-2H3,(H,30,32)(H2,28,29,33)/t19-,20+,21?,22?,23?,27?/m1/s1. The Balaban J connectivity index is 1.10. The molecule has 1 saturated heterocycles. The number of nitrogens with zero attached hydrogens (tertiary/aromatic N) is 1. The molecule has 0 spiro atoms. The molecular formula is C27H40N4O2. The molecule has 6 heteroatoms. The van der Waals surface area contributed by atoms with Crippen molar-refractivity contribution in [3.8, 4) is 0 Å².